The van der Waals surface area contributed by atoms with Gasteiger partial charge in [-0.25, -0.2) is 4.99 Å². The van der Waals surface area contributed by atoms with Crippen LogP contribution in [0.5, 0.6) is 5.75 Å². The van der Waals surface area contributed by atoms with E-state index in [4.69, 9.17) is 10.5 Å². The summed E-state index contributed by atoms with van der Waals surface area (Å²) in [6.07, 6.45) is 0.506. The number of methoxy groups -OCH3 is 1. The Hall–Kier alpha value is -3.35. The van der Waals surface area contributed by atoms with Crippen molar-refractivity contribution in [3.05, 3.63) is 65.2 Å². The highest BCUT2D eigenvalue weighted by atomic mass is 16.5. The van der Waals surface area contributed by atoms with Gasteiger partial charge < -0.3 is 15.8 Å². The lowest BCUT2D eigenvalue weighted by atomic mass is 10.1. The number of nitrogens with one attached hydrogen (secondary N) is 2. The number of rotatable bonds is 9. The molecule has 2 rings (SSSR count). The Morgan fingerprint density at radius 1 is 1.10 bits per heavy atom. The number of carbonyl (C=O) groups excluding carboxylic acids is 2. The minimum absolute atomic E-state index is 0.0790. The van der Waals surface area contributed by atoms with Crippen LogP contribution in [0.25, 0.3) is 0 Å². The number of hydrogen-bond acceptors (Lipinski definition) is 4. The fourth-order valence-corrected chi connectivity index (χ4v) is 3.00. The summed E-state index contributed by atoms with van der Waals surface area (Å²) in [5, 5.41) is 5.48. The van der Waals surface area contributed by atoms with Gasteiger partial charge in [-0.3, -0.25) is 14.9 Å². The van der Waals surface area contributed by atoms with E-state index in [0.717, 1.165) is 22.4 Å². The van der Waals surface area contributed by atoms with Gasteiger partial charge in [0.25, 0.3) is 0 Å². The number of nitrogens with two attached hydrogens (primary N) is 1. The molecule has 4 N–H and O–H groups in total. The molecule has 0 heterocycles. The molecule has 0 saturated carbocycles. The first-order chi connectivity index (χ1) is 14.8. The number of amides is 2. The summed E-state index contributed by atoms with van der Waals surface area (Å²) in [6, 6.07) is 14.4. The maximum absolute atomic E-state index is 12.7. The summed E-state index contributed by atoms with van der Waals surface area (Å²) >= 11 is 0. The Labute approximate surface area is 184 Å². The Bertz CT molecular complexity index is 910. The van der Waals surface area contributed by atoms with Crippen LogP contribution in [0, 0.1) is 12.8 Å². The molecule has 7 nitrogen and oxygen atoms in total. The van der Waals surface area contributed by atoms with E-state index in [-0.39, 0.29) is 24.2 Å². The van der Waals surface area contributed by atoms with Crippen LogP contribution in [0.1, 0.15) is 30.5 Å². The maximum atomic E-state index is 12.7. The largest absolute Gasteiger partial charge is 0.496 e. The summed E-state index contributed by atoms with van der Waals surface area (Å²) in [7, 11) is 1.59. The molecule has 0 spiro atoms. The minimum atomic E-state index is -0.735. The van der Waals surface area contributed by atoms with Crippen LogP contribution in [0.3, 0.4) is 0 Å². The lowest BCUT2D eigenvalue weighted by Crippen LogP contribution is -2.42. The normalized spacial score (nSPS) is 12.4. The average molecular weight is 425 g/mol. The van der Waals surface area contributed by atoms with Gasteiger partial charge in [0.05, 0.1) is 13.5 Å². The lowest BCUT2D eigenvalue weighted by Gasteiger charge is -2.16. The van der Waals surface area contributed by atoms with Gasteiger partial charge in [0.2, 0.25) is 11.8 Å². The van der Waals surface area contributed by atoms with E-state index in [1.54, 1.807) is 7.11 Å². The monoisotopic (exact) mass is 424 g/mol. The predicted molar refractivity (Wildman–Crippen MR) is 123 cm³/mol. The molecule has 0 fully saturated rings. The van der Waals surface area contributed by atoms with Gasteiger partial charge in [0.15, 0.2) is 5.96 Å². The van der Waals surface area contributed by atoms with Crippen molar-refractivity contribution in [2.75, 3.05) is 13.7 Å². The third-order valence-corrected chi connectivity index (χ3v) is 4.66. The standard InChI is InChI=1S/C24H32N4O3/c1-16(2)15-26-23(30)20(12-18-8-6-5-7-9-18)27-24(25)28-22(29)14-19-11-10-17(3)21(13-19)31-4/h5-11,13,16,20H,12,14-15H2,1-4H3,(H,26,30)(H3,25,27,28,29)/t20-/m1/s1. The topological polar surface area (TPSA) is 106 Å². The molecule has 31 heavy (non-hydrogen) atoms. The first kappa shape index (κ1) is 23.9. The third-order valence-electron chi connectivity index (χ3n) is 4.66. The number of aliphatic imine (C=N–C) groups is 1. The molecule has 0 aliphatic heterocycles. The number of aryl methyl sites for hydroxylation is 1. The lowest BCUT2D eigenvalue weighted by molar-refractivity contribution is -0.122. The Kier molecular flexibility index (Phi) is 9.06. The van der Waals surface area contributed by atoms with Gasteiger partial charge in [0, 0.05) is 13.0 Å². The quantitative estimate of drug-likeness (QED) is 0.424. The smallest absolute Gasteiger partial charge is 0.245 e. The highest BCUT2D eigenvalue weighted by molar-refractivity contribution is 5.98. The van der Waals surface area contributed by atoms with Crippen LogP contribution in [0.4, 0.5) is 0 Å². The van der Waals surface area contributed by atoms with E-state index >= 15 is 0 Å². The molecule has 2 amide bonds. The highest BCUT2D eigenvalue weighted by Crippen LogP contribution is 2.19. The van der Waals surface area contributed by atoms with Crippen molar-refractivity contribution in [2.24, 2.45) is 16.6 Å². The minimum Gasteiger partial charge on any atom is -0.496 e. The van der Waals surface area contributed by atoms with Crippen LogP contribution in [-0.2, 0) is 22.4 Å². The second-order valence-electron chi connectivity index (χ2n) is 7.89. The molecule has 0 bridgehead atoms. The van der Waals surface area contributed by atoms with Gasteiger partial charge in [-0.15, -0.1) is 0 Å². The van der Waals surface area contributed by atoms with Crippen molar-refractivity contribution in [3.8, 4) is 5.75 Å². The summed E-state index contributed by atoms with van der Waals surface area (Å²) in [4.78, 5) is 29.4. The van der Waals surface area contributed by atoms with Crippen LogP contribution in [0.2, 0.25) is 0 Å². The second kappa shape index (κ2) is 11.7. The van der Waals surface area contributed by atoms with E-state index in [0.29, 0.717) is 18.9 Å². The zero-order valence-electron chi connectivity index (χ0n) is 18.6. The predicted octanol–water partition coefficient (Wildman–Crippen LogP) is 2.36. The van der Waals surface area contributed by atoms with Gasteiger partial charge >= 0.3 is 0 Å². The molecular weight excluding hydrogens is 392 g/mol. The summed E-state index contributed by atoms with van der Waals surface area (Å²) in [6.45, 7) is 6.51. The molecular formula is C24H32N4O3. The summed E-state index contributed by atoms with van der Waals surface area (Å²) in [5.41, 5.74) is 8.71. The Morgan fingerprint density at radius 3 is 2.45 bits per heavy atom. The van der Waals surface area contributed by atoms with Gasteiger partial charge in [0.1, 0.15) is 11.8 Å². The van der Waals surface area contributed by atoms with Crippen molar-refractivity contribution in [1.29, 1.82) is 0 Å². The molecule has 0 radical (unpaired) electrons. The molecule has 166 valence electrons. The molecule has 2 aromatic carbocycles. The van der Waals surface area contributed by atoms with Gasteiger partial charge in [-0.2, -0.15) is 0 Å². The molecule has 1 atom stereocenters. The van der Waals surface area contributed by atoms with Crippen molar-refractivity contribution >= 4 is 17.8 Å². The number of hydrogen-bond donors (Lipinski definition) is 3. The zero-order chi connectivity index (χ0) is 22.8. The number of benzene rings is 2. The first-order valence-corrected chi connectivity index (χ1v) is 10.4. The van der Waals surface area contributed by atoms with Crippen molar-refractivity contribution in [1.82, 2.24) is 10.6 Å². The SMILES string of the molecule is COc1cc(CC(=O)NC(N)=N[C@H](Cc2ccccc2)C(=O)NCC(C)C)ccc1C. The third kappa shape index (κ3) is 8.12. The van der Waals surface area contributed by atoms with Crippen LogP contribution >= 0.6 is 0 Å². The van der Waals surface area contributed by atoms with Crippen molar-refractivity contribution < 1.29 is 14.3 Å². The fourth-order valence-electron chi connectivity index (χ4n) is 3.00. The van der Waals surface area contributed by atoms with E-state index in [9.17, 15) is 9.59 Å². The maximum Gasteiger partial charge on any atom is 0.245 e. The number of ether oxygens (including phenoxy) is 1. The number of nitrogens with zero attached hydrogens (tertiary/aromatic N) is 1. The molecule has 0 aromatic heterocycles. The average Bonchev–Trinajstić information content (AvgIpc) is 2.73. The van der Waals surface area contributed by atoms with Crippen LogP contribution in [0.15, 0.2) is 53.5 Å². The molecule has 0 aliphatic rings. The van der Waals surface area contributed by atoms with E-state index in [1.165, 1.54) is 0 Å². The molecule has 2 aromatic rings. The van der Waals surface area contributed by atoms with Gasteiger partial charge in [-0.1, -0.05) is 56.3 Å². The van der Waals surface area contributed by atoms with Crippen molar-refractivity contribution in [2.45, 2.75) is 39.7 Å². The summed E-state index contributed by atoms with van der Waals surface area (Å²) < 4.78 is 5.30. The summed E-state index contributed by atoms with van der Waals surface area (Å²) in [5.74, 6) is 0.418. The van der Waals surface area contributed by atoms with E-state index < -0.39 is 6.04 Å². The van der Waals surface area contributed by atoms with Gasteiger partial charge in [-0.05, 0) is 35.6 Å². The zero-order valence-corrected chi connectivity index (χ0v) is 18.6. The Balaban J connectivity index is 2.08. The second-order valence-corrected chi connectivity index (χ2v) is 7.89. The molecule has 0 aliphatic carbocycles. The molecule has 7 heteroatoms. The van der Waals surface area contributed by atoms with Crippen molar-refractivity contribution in [3.63, 3.8) is 0 Å². The number of guanidine groups is 1. The first-order valence-electron chi connectivity index (χ1n) is 10.4. The molecule has 0 unspecified atom stereocenters. The highest BCUT2D eigenvalue weighted by Gasteiger charge is 2.19. The van der Waals surface area contributed by atoms with E-state index in [2.05, 4.69) is 15.6 Å². The number of carbonyl (C=O) groups is 2. The van der Waals surface area contributed by atoms with Crippen LogP contribution < -0.4 is 21.1 Å². The Morgan fingerprint density at radius 2 is 1.81 bits per heavy atom. The fraction of sp³-hybridized carbons (Fsp3) is 0.375. The molecule has 0 saturated heterocycles. The van der Waals surface area contributed by atoms with Crippen LogP contribution in [-0.4, -0.2) is 37.5 Å². The van der Waals surface area contributed by atoms with E-state index in [1.807, 2.05) is 69.3 Å².